The Balaban J connectivity index is 3.87. The average Bonchev–Trinajstić information content (AvgIpc) is 2.20. The minimum absolute atomic E-state index is 0.134. The Morgan fingerprint density at radius 1 is 1.21 bits per heavy atom. The van der Waals surface area contributed by atoms with Gasteiger partial charge >= 0.3 is 11.9 Å². The first-order chi connectivity index (χ1) is 8.64. The summed E-state index contributed by atoms with van der Waals surface area (Å²) in [6.07, 6.45) is -6.35. The van der Waals surface area contributed by atoms with Crippen molar-refractivity contribution in [2.75, 3.05) is 13.2 Å². The van der Waals surface area contributed by atoms with Crippen molar-refractivity contribution in [2.24, 2.45) is 0 Å². The Morgan fingerprint density at radius 2 is 1.74 bits per heavy atom. The highest BCUT2D eigenvalue weighted by Crippen LogP contribution is 2.26. The molecule has 0 aromatic carbocycles. The number of rotatable bonds is 8. The van der Waals surface area contributed by atoms with E-state index in [4.69, 9.17) is 0 Å². The van der Waals surface area contributed by atoms with Gasteiger partial charge in [-0.25, -0.2) is 22.4 Å². The molecule has 0 saturated carbocycles. The summed E-state index contributed by atoms with van der Waals surface area (Å²) in [6, 6.07) is 0. The van der Waals surface area contributed by atoms with Gasteiger partial charge in [-0.05, 0) is 6.92 Å². The molecule has 0 saturated heterocycles. The van der Waals surface area contributed by atoms with Gasteiger partial charge in [0, 0.05) is 5.57 Å². The number of ether oxygens (including phenoxy) is 2. The molecular formula is C11H14F4O4. The fourth-order valence-corrected chi connectivity index (χ4v) is 0.973. The van der Waals surface area contributed by atoms with Crippen LogP contribution in [0.15, 0.2) is 12.2 Å². The first kappa shape index (κ1) is 17.4. The van der Waals surface area contributed by atoms with Crippen LogP contribution < -0.4 is 0 Å². The van der Waals surface area contributed by atoms with E-state index in [1.165, 1.54) is 6.92 Å². The second kappa shape index (κ2) is 7.75. The highest BCUT2D eigenvalue weighted by molar-refractivity contribution is 5.86. The highest BCUT2D eigenvalue weighted by Gasteiger charge is 2.36. The number of carbonyl (C=O) groups excluding carboxylic acids is 2. The second-order valence-electron chi connectivity index (χ2n) is 3.76. The Labute approximate surface area is 107 Å². The van der Waals surface area contributed by atoms with E-state index in [0.717, 1.165) is 0 Å². The molecule has 0 N–H and O–H groups in total. The monoisotopic (exact) mass is 286 g/mol. The molecule has 0 atom stereocenters. The molecule has 0 aromatic heterocycles. The highest BCUT2D eigenvalue weighted by atomic mass is 19.3. The molecule has 0 bridgehead atoms. The lowest BCUT2D eigenvalue weighted by atomic mass is 10.2. The normalized spacial score (nSPS) is 11.3. The summed E-state index contributed by atoms with van der Waals surface area (Å²) in [7, 11) is 0. The van der Waals surface area contributed by atoms with Crippen molar-refractivity contribution < 1.29 is 36.6 Å². The minimum atomic E-state index is -3.82. The van der Waals surface area contributed by atoms with Gasteiger partial charge < -0.3 is 9.47 Å². The maximum atomic E-state index is 12.8. The number of alkyl halides is 4. The third-order valence-electron chi connectivity index (χ3n) is 1.78. The van der Waals surface area contributed by atoms with Crippen molar-refractivity contribution in [1.29, 1.82) is 0 Å². The number of hydrogen-bond donors (Lipinski definition) is 0. The molecular weight excluding hydrogens is 272 g/mol. The molecule has 4 nitrogen and oxygen atoms in total. The number of halogens is 4. The van der Waals surface area contributed by atoms with Crippen molar-refractivity contribution >= 4 is 11.9 Å². The zero-order valence-electron chi connectivity index (χ0n) is 10.3. The molecule has 19 heavy (non-hydrogen) atoms. The number of hydrogen-bond acceptors (Lipinski definition) is 4. The zero-order valence-corrected chi connectivity index (χ0v) is 10.3. The molecule has 0 aliphatic carbocycles. The molecule has 0 spiro atoms. The maximum absolute atomic E-state index is 12.8. The standard InChI is InChI=1S/C11H14F4O4/c1-7(2)10(17)19-4-3-18-9(16)6-11(14,15)5-8(12)13/h8H,1,3-6H2,2H3. The molecule has 0 amide bonds. The first-order valence-corrected chi connectivity index (χ1v) is 5.28. The lowest BCUT2D eigenvalue weighted by Crippen LogP contribution is -2.26. The number of carbonyl (C=O) groups is 2. The lowest BCUT2D eigenvalue weighted by molar-refractivity contribution is -0.158. The lowest BCUT2D eigenvalue weighted by Gasteiger charge is -2.14. The van der Waals surface area contributed by atoms with E-state index in [-0.39, 0.29) is 12.2 Å². The Kier molecular flexibility index (Phi) is 7.10. The van der Waals surface area contributed by atoms with Crippen LogP contribution in [-0.2, 0) is 19.1 Å². The third-order valence-corrected chi connectivity index (χ3v) is 1.78. The molecule has 8 heteroatoms. The summed E-state index contributed by atoms with van der Waals surface area (Å²) in [4.78, 5) is 21.8. The van der Waals surface area contributed by atoms with E-state index in [2.05, 4.69) is 16.1 Å². The van der Waals surface area contributed by atoms with Crippen LogP contribution in [0.4, 0.5) is 17.6 Å². The van der Waals surface area contributed by atoms with Gasteiger partial charge in [-0.2, -0.15) is 0 Å². The summed E-state index contributed by atoms with van der Waals surface area (Å²) in [6.45, 7) is 3.94. The predicted octanol–water partition coefficient (Wildman–Crippen LogP) is 2.33. The SMILES string of the molecule is C=C(C)C(=O)OCCOC(=O)CC(F)(F)CC(F)F. The minimum Gasteiger partial charge on any atom is -0.462 e. The Morgan fingerprint density at radius 3 is 2.21 bits per heavy atom. The van der Waals surface area contributed by atoms with Crippen LogP contribution in [0.2, 0.25) is 0 Å². The molecule has 0 aliphatic rings. The predicted molar refractivity (Wildman–Crippen MR) is 56.9 cm³/mol. The summed E-state index contributed by atoms with van der Waals surface area (Å²) in [5.74, 6) is -5.87. The fraction of sp³-hybridized carbons (Fsp3) is 0.636. The van der Waals surface area contributed by atoms with Gasteiger partial charge in [0.05, 0.1) is 6.42 Å². The van der Waals surface area contributed by atoms with Crippen LogP contribution >= 0.6 is 0 Å². The Bertz CT molecular complexity index is 342. The van der Waals surface area contributed by atoms with Gasteiger partial charge in [-0.15, -0.1) is 0 Å². The van der Waals surface area contributed by atoms with E-state index in [1.54, 1.807) is 0 Å². The van der Waals surface area contributed by atoms with E-state index in [0.29, 0.717) is 0 Å². The fourth-order valence-electron chi connectivity index (χ4n) is 0.973. The topological polar surface area (TPSA) is 52.6 Å². The van der Waals surface area contributed by atoms with Crippen LogP contribution in [0.3, 0.4) is 0 Å². The molecule has 0 fully saturated rings. The second-order valence-corrected chi connectivity index (χ2v) is 3.76. The van der Waals surface area contributed by atoms with Gasteiger partial charge in [-0.1, -0.05) is 6.58 Å². The Hall–Kier alpha value is -1.60. The molecule has 0 radical (unpaired) electrons. The maximum Gasteiger partial charge on any atom is 0.333 e. The van der Waals surface area contributed by atoms with Gasteiger partial charge in [0.25, 0.3) is 5.92 Å². The summed E-state index contributed by atoms with van der Waals surface area (Å²) in [5.41, 5.74) is 0.134. The average molecular weight is 286 g/mol. The van der Waals surface area contributed by atoms with Crippen LogP contribution in [-0.4, -0.2) is 37.5 Å². The summed E-state index contributed by atoms with van der Waals surface area (Å²) >= 11 is 0. The van der Waals surface area contributed by atoms with Gasteiger partial charge in [0.2, 0.25) is 6.43 Å². The van der Waals surface area contributed by atoms with E-state index < -0.39 is 43.7 Å². The summed E-state index contributed by atoms with van der Waals surface area (Å²) in [5, 5.41) is 0. The molecule has 110 valence electrons. The van der Waals surface area contributed by atoms with E-state index >= 15 is 0 Å². The van der Waals surface area contributed by atoms with Crippen LogP contribution in [0.25, 0.3) is 0 Å². The molecule has 0 unspecified atom stereocenters. The first-order valence-electron chi connectivity index (χ1n) is 5.28. The number of esters is 2. The molecule has 0 aliphatic heterocycles. The van der Waals surface area contributed by atoms with Crippen molar-refractivity contribution in [3.63, 3.8) is 0 Å². The van der Waals surface area contributed by atoms with Crippen molar-refractivity contribution in [3.05, 3.63) is 12.2 Å². The van der Waals surface area contributed by atoms with Crippen molar-refractivity contribution in [3.8, 4) is 0 Å². The van der Waals surface area contributed by atoms with Gasteiger partial charge in [0.1, 0.15) is 19.6 Å². The molecule has 0 aromatic rings. The summed E-state index contributed by atoms with van der Waals surface area (Å²) < 4.78 is 57.9. The largest absolute Gasteiger partial charge is 0.462 e. The van der Waals surface area contributed by atoms with E-state index in [1.807, 2.05) is 0 Å². The molecule has 0 heterocycles. The quantitative estimate of drug-likeness (QED) is 0.297. The smallest absolute Gasteiger partial charge is 0.333 e. The van der Waals surface area contributed by atoms with Crippen LogP contribution in [0.5, 0.6) is 0 Å². The third kappa shape index (κ3) is 9.04. The molecule has 0 rings (SSSR count). The van der Waals surface area contributed by atoms with Crippen molar-refractivity contribution in [1.82, 2.24) is 0 Å². The van der Waals surface area contributed by atoms with Gasteiger partial charge in [-0.3, -0.25) is 4.79 Å². The van der Waals surface area contributed by atoms with E-state index in [9.17, 15) is 27.2 Å². The van der Waals surface area contributed by atoms with Gasteiger partial charge in [0.15, 0.2) is 0 Å². The zero-order chi connectivity index (χ0) is 15.1. The van der Waals surface area contributed by atoms with Crippen LogP contribution in [0.1, 0.15) is 19.8 Å². The van der Waals surface area contributed by atoms with Crippen molar-refractivity contribution in [2.45, 2.75) is 32.1 Å². The van der Waals surface area contributed by atoms with Crippen LogP contribution in [0, 0.1) is 0 Å².